The summed E-state index contributed by atoms with van der Waals surface area (Å²) in [7, 11) is -2.42. The Labute approximate surface area is 165 Å². The highest BCUT2D eigenvalue weighted by Crippen LogP contribution is 2.31. The molecule has 3 rings (SSSR count). The van der Waals surface area contributed by atoms with Crippen LogP contribution in [0.15, 0.2) is 64.9 Å². The number of ether oxygens (including phenoxy) is 2. The number of carbonyl (C=O) groups is 1. The molecule has 3 aromatic rings. The molecular weight excluding hydrogens is 410 g/mol. The predicted octanol–water partition coefficient (Wildman–Crippen LogP) is 4.78. The molecule has 0 aliphatic heterocycles. The molecule has 0 amide bonds. The monoisotopic (exact) mass is 423 g/mol. The Morgan fingerprint density at radius 3 is 2.33 bits per heavy atom. The van der Waals surface area contributed by atoms with Crippen molar-refractivity contribution in [2.75, 3.05) is 11.8 Å². The third-order valence-corrected chi connectivity index (χ3v) is 5.98. The van der Waals surface area contributed by atoms with Gasteiger partial charge in [0.15, 0.2) is 10.6 Å². The van der Waals surface area contributed by atoms with E-state index in [1.165, 1.54) is 42.7 Å². The lowest BCUT2D eigenvalue weighted by atomic mass is 10.3. The number of benzene rings is 2. The first-order valence-electron chi connectivity index (χ1n) is 7.61. The number of rotatable bonds is 6. The molecule has 1 aromatic heterocycles. The van der Waals surface area contributed by atoms with E-state index in [1.54, 1.807) is 35.7 Å². The lowest BCUT2D eigenvalue weighted by Gasteiger charge is -2.10. The second kappa shape index (κ2) is 7.99. The summed E-state index contributed by atoms with van der Waals surface area (Å²) in [4.78, 5) is 12.1. The molecule has 0 radical (unpaired) electrons. The summed E-state index contributed by atoms with van der Waals surface area (Å²) in [6.07, 6.45) is 0. The molecule has 9 heteroatoms. The SMILES string of the molecule is COC(=O)c1sccc1Oc1ccc(NS(=O)(=O)c2ccc(Cl)cc2)cc1. The summed E-state index contributed by atoms with van der Waals surface area (Å²) in [6.45, 7) is 0. The van der Waals surface area contributed by atoms with Gasteiger partial charge in [0.05, 0.1) is 12.0 Å². The third-order valence-electron chi connectivity index (χ3n) is 3.46. The van der Waals surface area contributed by atoms with Crippen molar-refractivity contribution in [1.82, 2.24) is 0 Å². The van der Waals surface area contributed by atoms with Gasteiger partial charge in [-0.15, -0.1) is 11.3 Å². The summed E-state index contributed by atoms with van der Waals surface area (Å²) < 4.78 is 37.6. The van der Waals surface area contributed by atoms with Gasteiger partial charge < -0.3 is 9.47 Å². The number of halogens is 1. The van der Waals surface area contributed by atoms with E-state index in [0.717, 1.165) is 0 Å². The van der Waals surface area contributed by atoms with Crippen LogP contribution in [-0.4, -0.2) is 21.5 Å². The highest BCUT2D eigenvalue weighted by atomic mass is 35.5. The minimum absolute atomic E-state index is 0.105. The molecule has 6 nitrogen and oxygen atoms in total. The van der Waals surface area contributed by atoms with Gasteiger partial charge in [-0.3, -0.25) is 4.72 Å². The van der Waals surface area contributed by atoms with Crippen molar-refractivity contribution in [3.63, 3.8) is 0 Å². The molecule has 1 N–H and O–H groups in total. The maximum Gasteiger partial charge on any atom is 0.351 e. The van der Waals surface area contributed by atoms with Crippen molar-refractivity contribution in [2.24, 2.45) is 0 Å². The molecule has 0 spiro atoms. The van der Waals surface area contributed by atoms with Crippen molar-refractivity contribution < 1.29 is 22.7 Å². The molecule has 0 bridgehead atoms. The second-order valence-corrected chi connectivity index (χ2v) is 8.33. The number of thiophene rings is 1. The molecule has 0 fully saturated rings. The lowest BCUT2D eigenvalue weighted by molar-refractivity contribution is 0.0604. The number of sulfonamides is 1. The molecule has 27 heavy (non-hydrogen) atoms. The Balaban J connectivity index is 1.73. The van der Waals surface area contributed by atoms with Crippen LogP contribution < -0.4 is 9.46 Å². The smallest absolute Gasteiger partial charge is 0.351 e. The maximum absolute atomic E-state index is 12.4. The first-order chi connectivity index (χ1) is 12.9. The van der Waals surface area contributed by atoms with Crippen LogP contribution in [0, 0.1) is 0 Å². The molecule has 1 heterocycles. The van der Waals surface area contributed by atoms with Crippen LogP contribution in [0.25, 0.3) is 0 Å². The van der Waals surface area contributed by atoms with E-state index >= 15 is 0 Å². The normalized spacial score (nSPS) is 11.0. The zero-order valence-corrected chi connectivity index (χ0v) is 16.4. The van der Waals surface area contributed by atoms with Crippen LogP contribution in [0.4, 0.5) is 5.69 Å². The van der Waals surface area contributed by atoms with Gasteiger partial charge >= 0.3 is 5.97 Å². The van der Waals surface area contributed by atoms with Crippen molar-refractivity contribution in [3.8, 4) is 11.5 Å². The molecule has 0 aliphatic rings. The topological polar surface area (TPSA) is 81.7 Å². The fraction of sp³-hybridized carbons (Fsp3) is 0.0556. The minimum Gasteiger partial charge on any atom is -0.465 e. The second-order valence-electron chi connectivity index (χ2n) is 5.29. The molecule has 0 atom stereocenters. The van der Waals surface area contributed by atoms with Gasteiger partial charge in [0.1, 0.15) is 5.75 Å². The molecule has 2 aromatic carbocycles. The Morgan fingerprint density at radius 2 is 1.70 bits per heavy atom. The Hall–Kier alpha value is -2.55. The molecule has 0 saturated heterocycles. The number of hydrogen-bond acceptors (Lipinski definition) is 6. The lowest BCUT2D eigenvalue weighted by Crippen LogP contribution is -2.12. The van der Waals surface area contributed by atoms with Gasteiger partial charge in [-0.05, 0) is 60.0 Å². The summed E-state index contributed by atoms with van der Waals surface area (Å²) in [5, 5.41) is 2.17. The Bertz CT molecular complexity index is 1040. The van der Waals surface area contributed by atoms with Crippen molar-refractivity contribution >= 4 is 44.6 Å². The number of methoxy groups -OCH3 is 1. The quantitative estimate of drug-likeness (QED) is 0.577. The van der Waals surface area contributed by atoms with Crippen LogP contribution in [0.1, 0.15) is 9.67 Å². The van der Waals surface area contributed by atoms with Gasteiger partial charge in [0.2, 0.25) is 0 Å². The highest BCUT2D eigenvalue weighted by molar-refractivity contribution is 7.92. The van der Waals surface area contributed by atoms with Gasteiger partial charge in [0.25, 0.3) is 10.0 Å². The summed E-state index contributed by atoms with van der Waals surface area (Å²) in [5.41, 5.74) is 0.371. The average molecular weight is 424 g/mol. The summed E-state index contributed by atoms with van der Waals surface area (Å²) >= 11 is 6.99. The van der Waals surface area contributed by atoms with Crippen LogP contribution in [0.3, 0.4) is 0 Å². The number of nitrogens with one attached hydrogen (secondary N) is 1. The zero-order chi connectivity index (χ0) is 19.4. The van der Waals surface area contributed by atoms with Gasteiger partial charge in [-0.1, -0.05) is 11.6 Å². The fourth-order valence-corrected chi connectivity index (χ4v) is 4.08. The summed E-state index contributed by atoms with van der Waals surface area (Å²) in [5.74, 6) is 0.349. The van der Waals surface area contributed by atoms with Crippen molar-refractivity contribution in [1.29, 1.82) is 0 Å². The first kappa shape index (κ1) is 19.2. The van der Waals surface area contributed by atoms with Crippen LogP contribution in [-0.2, 0) is 14.8 Å². The van der Waals surface area contributed by atoms with Crippen LogP contribution in [0.2, 0.25) is 5.02 Å². The number of hydrogen-bond donors (Lipinski definition) is 1. The van der Waals surface area contributed by atoms with E-state index in [2.05, 4.69) is 4.72 Å². The summed E-state index contributed by atoms with van der Waals surface area (Å²) in [6, 6.07) is 13.8. The Kier molecular flexibility index (Phi) is 5.69. The number of carbonyl (C=O) groups excluding carboxylic acids is 1. The van der Waals surface area contributed by atoms with Gasteiger partial charge in [-0.2, -0.15) is 0 Å². The molecule has 0 aliphatic carbocycles. The van der Waals surface area contributed by atoms with Crippen molar-refractivity contribution in [2.45, 2.75) is 4.90 Å². The molecular formula is C18H14ClNO5S2. The first-order valence-corrected chi connectivity index (χ1v) is 10.4. The van der Waals surface area contributed by atoms with E-state index in [9.17, 15) is 13.2 Å². The maximum atomic E-state index is 12.4. The van der Waals surface area contributed by atoms with Gasteiger partial charge in [-0.25, -0.2) is 13.2 Å². The zero-order valence-electron chi connectivity index (χ0n) is 14.0. The number of esters is 1. The van der Waals surface area contributed by atoms with E-state index in [-0.39, 0.29) is 4.90 Å². The molecule has 0 unspecified atom stereocenters. The molecule has 140 valence electrons. The standard InChI is InChI=1S/C18H14ClNO5S2/c1-24-18(21)17-16(10-11-26-17)25-14-6-4-13(5-7-14)20-27(22,23)15-8-2-12(19)3-9-15/h2-11,20H,1H3. The predicted molar refractivity (Wildman–Crippen MR) is 104 cm³/mol. The van der Waals surface area contributed by atoms with Crippen LogP contribution in [0.5, 0.6) is 11.5 Å². The van der Waals surface area contributed by atoms with Gasteiger partial charge in [0, 0.05) is 10.7 Å². The third kappa shape index (κ3) is 4.60. The van der Waals surface area contributed by atoms with Crippen molar-refractivity contribution in [3.05, 3.63) is 69.9 Å². The Morgan fingerprint density at radius 1 is 1.04 bits per heavy atom. The fourth-order valence-electron chi connectivity index (χ4n) is 2.17. The van der Waals surface area contributed by atoms with E-state index in [4.69, 9.17) is 21.1 Å². The van der Waals surface area contributed by atoms with Crippen LogP contribution >= 0.6 is 22.9 Å². The minimum atomic E-state index is -3.72. The number of anilines is 1. The van der Waals surface area contributed by atoms with E-state index < -0.39 is 16.0 Å². The largest absolute Gasteiger partial charge is 0.465 e. The molecule has 0 saturated carbocycles. The van der Waals surface area contributed by atoms with E-state index in [0.29, 0.717) is 27.1 Å². The average Bonchev–Trinajstić information content (AvgIpc) is 3.11. The van der Waals surface area contributed by atoms with E-state index in [1.807, 2.05) is 0 Å². The highest BCUT2D eigenvalue weighted by Gasteiger charge is 2.16.